The first kappa shape index (κ1) is 18.9. The number of carbonyl (C=O) groups is 1. The van der Waals surface area contributed by atoms with Gasteiger partial charge in [0, 0.05) is 19.8 Å². The monoisotopic (exact) mass is 389 g/mol. The number of likely N-dealkylation sites (tertiary alicyclic amines) is 1. The van der Waals surface area contributed by atoms with Gasteiger partial charge in [-0.05, 0) is 61.1 Å². The molecule has 28 heavy (non-hydrogen) atoms. The van der Waals surface area contributed by atoms with E-state index < -0.39 is 17.3 Å². The summed E-state index contributed by atoms with van der Waals surface area (Å²) < 4.78 is 38.5. The zero-order valence-corrected chi connectivity index (χ0v) is 15.8. The van der Waals surface area contributed by atoms with E-state index in [0.717, 1.165) is 60.3 Å². The van der Waals surface area contributed by atoms with Gasteiger partial charge in [0.05, 0.1) is 17.3 Å². The summed E-state index contributed by atoms with van der Waals surface area (Å²) in [5.41, 5.74) is 2.13. The van der Waals surface area contributed by atoms with E-state index in [9.17, 15) is 18.0 Å². The van der Waals surface area contributed by atoms with E-state index in [-0.39, 0.29) is 11.9 Å². The first-order valence-corrected chi connectivity index (χ1v) is 9.37. The number of carbonyl (C=O) groups excluding carboxylic acids is 1. The zero-order chi connectivity index (χ0) is 20.1. The van der Waals surface area contributed by atoms with E-state index in [1.807, 2.05) is 20.0 Å². The summed E-state index contributed by atoms with van der Waals surface area (Å²) in [5, 5.41) is 3.49. The number of likely N-dealkylation sites (N-methyl/N-ethyl adjacent to an activating group) is 1. The third-order valence-electron chi connectivity index (χ3n) is 5.94. The maximum atomic E-state index is 12.8. The Morgan fingerprint density at radius 1 is 1.21 bits per heavy atom. The van der Waals surface area contributed by atoms with Crippen LogP contribution in [0.2, 0.25) is 0 Å². The minimum absolute atomic E-state index is 0.0377. The van der Waals surface area contributed by atoms with Crippen LogP contribution in [0.15, 0.2) is 36.5 Å². The number of halogens is 3. The second-order valence-electron chi connectivity index (χ2n) is 7.79. The molecular formula is C21H22F3N3O. The highest BCUT2D eigenvalue weighted by molar-refractivity contribution is 5.88. The van der Waals surface area contributed by atoms with E-state index >= 15 is 0 Å². The standard InChI is InChI=1S/C21H22F3N3O/c1-13-12-25-18(17-7-8-20(26-17)9-10-27(2)19(20)28)11-16(13)14-3-5-15(6-4-14)21(22,23)24/h3-6,11-12,17,26H,7-10H2,1-2H3/t17-,20+/m0/s1. The fourth-order valence-corrected chi connectivity index (χ4v) is 4.27. The maximum absolute atomic E-state index is 12.8. The molecular weight excluding hydrogens is 367 g/mol. The van der Waals surface area contributed by atoms with Gasteiger partial charge < -0.3 is 4.90 Å². The minimum atomic E-state index is -4.35. The lowest BCUT2D eigenvalue weighted by Gasteiger charge is -2.23. The van der Waals surface area contributed by atoms with Crippen molar-refractivity contribution in [3.8, 4) is 11.1 Å². The summed E-state index contributed by atoms with van der Waals surface area (Å²) in [6.07, 6.45) is -0.234. The van der Waals surface area contributed by atoms with Gasteiger partial charge in [-0.2, -0.15) is 13.2 Å². The lowest BCUT2D eigenvalue weighted by molar-refractivity contribution is -0.137. The van der Waals surface area contributed by atoms with Crippen molar-refractivity contribution in [2.45, 2.75) is 43.9 Å². The van der Waals surface area contributed by atoms with E-state index in [2.05, 4.69) is 10.3 Å². The van der Waals surface area contributed by atoms with Crippen LogP contribution in [0.25, 0.3) is 11.1 Å². The molecule has 2 fully saturated rings. The van der Waals surface area contributed by atoms with E-state index in [4.69, 9.17) is 0 Å². The van der Waals surface area contributed by atoms with Gasteiger partial charge in [-0.25, -0.2) is 0 Å². The molecule has 1 amide bonds. The summed E-state index contributed by atoms with van der Waals surface area (Å²) >= 11 is 0. The lowest BCUT2D eigenvalue weighted by Crippen LogP contribution is -2.47. The second-order valence-corrected chi connectivity index (χ2v) is 7.79. The Morgan fingerprint density at radius 3 is 2.54 bits per heavy atom. The highest BCUT2D eigenvalue weighted by Crippen LogP contribution is 2.39. The highest BCUT2D eigenvalue weighted by Gasteiger charge is 2.50. The summed E-state index contributed by atoms with van der Waals surface area (Å²) in [7, 11) is 1.82. The molecule has 0 unspecified atom stereocenters. The number of nitrogens with one attached hydrogen (secondary N) is 1. The van der Waals surface area contributed by atoms with E-state index in [1.165, 1.54) is 12.1 Å². The molecule has 3 heterocycles. The molecule has 1 aromatic carbocycles. The number of pyridine rings is 1. The van der Waals surface area contributed by atoms with Crippen LogP contribution in [0.3, 0.4) is 0 Å². The SMILES string of the molecule is Cc1cnc([C@@H]2CC[C@]3(CCN(C)C3=O)N2)cc1-c1ccc(C(F)(F)F)cc1. The molecule has 4 rings (SSSR count). The van der Waals surface area contributed by atoms with Crippen molar-refractivity contribution in [3.05, 3.63) is 53.3 Å². The summed E-state index contributed by atoms with van der Waals surface area (Å²) in [4.78, 5) is 18.8. The number of alkyl halides is 3. The minimum Gasteiger partial charge on any atom is -0.344 e. The molecule has 0 aliphatic carbocycles. The maximum Gasteiger partial charge on any atom is 0.416 e. The molecule has 7 heteroatoms. The molecule has 1 aromatic heterocycles. The first-order chi connectivity index (χ1) is 13.2. The van der Waals surface area contributed by atoms with Crippen molar-refractivity contribution in [2.75, 3.05) is 13.6 Å². The molecule has 2 atom stereocenters. The topological polar surface area (TPSA) is 45.2 Å². The highest BCUT2D eigenvalue weighted by atomic mass is 19.4. The average molecular weight is 389 g/mol. The van der Waals surface area contributed by atoms with Gasteiger partial charge in [0.2, 0.25) is 5.91 Å². The van der Waals surface area contributed by atoms with Crippen LogP contribution in [-0.4, -0.2) is 34.9 Å². The van der Waals surface area contributed by atoms with E-state index in [0.29, 0.717) is 0 Å². The van der Waals surface area contributed by atoms with E-state index in [1.54, 1.807) is 11.1 Å². The van der Waals surface area contributed by atoms with Crippen molar-refractivity contribution in [1.29, 1.82) is 0 Å². The number of hydrogen-bond acceptors (Lipinski definition) is 3. The smallest absolute Gasteiger partial charge is 0.344 e. The summed E-state index contributed by atoms with van der Waals surface area (Å²) in [6, 6.07) is 7.08. The van der Waals surface area contributed by atoms with Crippen molar-refractivity contribution >= 4 is 5.91 Å². The number of aryl methyl sites for hydroxylation is 1. The van der Waals surface area contributed by atoms with Gasteiger partial charge in [0.15, 0.2) is 0 Å². The Balaban J connectivity index is 1.61. The molecule has 0 radical (unpaired) electrons. The van der Waals surface area contributed by atoms with Crippen LogP contribution in [-0.2, 0) is 11.0 Å². The number of aromatic nitrogens is 1. The number of hydrogen-bond donors (Lipinski definition) is 1. The third-order valence-corrected chi connectivity index (χ3v) is 5.94. The molecule has 0 saturated carbocycles. The Morgan fingerprint density at radius 2 is 1.93 bits per heavy atom. The largest absolute Gasteiger partial charge is 0.416 e. The Bertz CT molecular complexity index is 910. The number of nitrogens with zero attached hydrogens (tertiary/aromatic N) is 2. The van der Waals surface area contributed by atoms with Crippen LogP contribution in [0.5, 0.6) is 0 Å². The first-order valence-electron chi connectivity index (χ1n) is 9.37. The van der Waals surface area contributed by atoms with Crippen LogP contribution in [0.1, 0.15) is 42.1 Å². The van der Waals surface area contributed by atoms with Gasteiger partial charge >= 0.3 is 6.18 Å². The summed E-state index contributed by atoms with van der Waals surface area (Å²) in [5.74, 6) is 0.130. The Kier molecular flexibility index (Phi) is 4.45. The molecule has 2 aliphatic heterocycles. The van der Waals surface area contributed by atoms with Crippen molar-refractivity contribution < 1.29 is 18.0 Å². The third kappa shape index (κ3) is 3.17. The van der Waals surface area contributed by atoms with Gasteiger partial charge in [-0.3, -0.25) is 15.1 Å². The zero-order valence-electron chi connectivity index (χ0n) is 15.8. The predicted molar refractivity (Wildman–Crippen MR) is 99.5 cm³/mol. The van der Waals surface area contributed by atoms with Gasteiger partial charge in [0.25, 0.3) is 0 Å². The molecule has 2 saturated heterocycles. The van der Waals surface area contributed by atoms with Crippen LogP contribution in [0.4, 0.5) is 13.2 Å². The van der Waals surface area contributed by atoms with Gasteiger partial charge in [-0.1, -0.05) is 12.1 Å². The fraction of sp³-hybridized carbons (Fsp3) is 0.429. The molecule has 1 spiro atoms. The second kappa shape index (κ2) is 6.58. The predicted octanol–water partition coefficient (Wildman–Crippen LogP) is 4.10. The molecule has 2 aromatic rings. The van der Waals surface area contributed by atoms with Gasteiger partial charge in [-0.15, -0.1) is 0 Å². The fourth-order valence-electron chi connectivity index (χ4n) is 4.27. The van der Waals surface area contributed by atoms with Gasteiger partial charge in [0.1, 0.15) is 5.54 Å². The molecule has 2 aliphatic rings. The van der Waals surface area contributed by atoms with Crippen molar-refractivity contribution in [2.24, 2.45) is 0 Å². The average Bonchev–Trinajstić information content (AvgIpc) is 3.22. The molecule has 1 N–H and O–H groups in total. The normalized spacial score (nSPS) is 25.1. The summed E-state index contributed by atoms with van der Waals surface area (Å²) in [6.45, 7) is 2.64. The Labute approximate surface area is 161 Å². The molecule has 4 nitrogen and oxygen atoms in total. The van der Waals surface area contributed by atoms with Crippen molar-refractivity contribution in [3.63, 3.8) is 0 Å². The number of rotatable bonds is 2. The van der Waals surface area contributed by atoms with Crippen LogP contribution in [0, 0.1) is 6.92 Å². The van der Waals surface area contributed by atoms with Crippen molar-refractivity contribution in [1.82, 2.24) is 15.2 Å². The quantitative estimate of drug-likeness (QED) is 0.841. The van der Waals surface area contributed by atoms with Crippen LogP contribution < -0.4 is 5.32 Å². The number of amides is 1. The Hall–Kier alpha value is -2.41. The number of benzene rings is 1. The molecule has 148 valence electrons. The molecule has 0 bridgehead atoms. The van der Waals surface area contributed by atoms with Crippen LogP contribution >= 0.6 is 0 Å². The lowest BCUT2D eigenvalue weighted by atomic mass is 9.96.